The number of carbonyl (C=O) groups is 2. The molecule has 1 aliphatic rings. The Labute approximate surface area is 173 Å². The Morgan fingerprint density at radius 3 is 2.03 bits per heavy atom. The summed E-state index contributed by atoms with van der Waals surface area (Å²) in [6.07, 6.45) is 2.46. The van der Waals surface area contributed by atoms with Gasteiger partial charge in [-0.05, 0) is 37.5 Å². The zero-order chi connectivity index (χ0) is 20.5. The summed E-state index contributed by atoms with van der Waals surface area (Å²) in [4.78, 5) is 28.6. The molecule has 0 atom stereocenters. The minimum Gasteiger partial charge on any atom is -0.494 e. The normalized spacial score (nSPS) is 14.0. The number of amides is 2. The molecular weight excluding hydrogens is 364 g/mol. The van der Waals surface area contributed by atoms with Gasteiger partial charge in [0.05, 0.1) is 6.61 Å². The van der Waals surface area contributed by atoms with Gasteiger partial charge in [-0.3, -0.25) is 9.59 Å². The molecule has 0 aliphatic carbocycles. The summed E-state index contributed by atoms with van der Waals surface area (Å²) in [6.45, 7) is 5.06. The molecule has 0 unspecified atom stereocenters. The Bertz CT molecular complexity index is 782. The zero-order valence-corrected chi connectivity index (χ0v) is 17.2. The maximum Gasteiger partial charge on any atom is 0.223 e. The van der Waals surface area contributed by atoms with E-state index in [-0.39, 0.29) is 11.8 Å². The van der Waals surface area contributed by atoms with Crippen LogP contribution in [-0.4, -0.2) is 54.4 Å². The summed E-state index contributed by atoms with van der Waals surface area (Å²) in [5, 5.41) is 0. The van der Waals surface area contributed by atoms with E-state index in [9.17, 15) is 9.59 Å². The number of rotatable bonds is 8. The first-order valence-electron chi connectivity index (χ1n) is 10.4. The smallest absolute Gasteiger partial charge is 0.223 e. The van der Waals surface area contributed by atoms with Crippen LogP contribution in [0.3, 0.4) is 0 Å². The molecule has 1 aliphatic heterocycles. The van der Waals surface area contributed by atoms with Crippen LogP contribution in [0, 0.1) is 6.92 Å². The van der Waals surface area contributed by atoms with Gasteiger partial charge in [-0.1, -0.05) is 48.0 Å². The molecule has 1 fully saturated rings. The Kier molecular flexibility index (Phi) is 7.68. The quantitative estimate of drug-likeness (QED) is 0.645. The molecule has 5 nitrogen and oxygen atoms in total. The highest BCUT2D eigenvalue weighted by Crippen LogP contribution is 2.13. The second-order valence-corrected chi connectivity index (χ2v) is 7.51. The second-order valence-electron chi connectivity index (χ2n) is 7.51. The van der Waals surface area contributed by atoms with Gasteiger partial charge in [0.1, 0.15) is 5.75 Å². The van der Waals surface area contributed by atoms with E-state index in [1.165, 1.54) is 11.1 Å². The molecule has 1 saturated heterocycles. The van der Waals surface area contributed by atoms with Crippen molar-refractivity contribution in [3.05, 3.63) is 65.7 Å². The predicted molar refractivity (Wildman–Crippen MR) is 114 cm³/mol. The zero-order valence-electron chi connectivity index (χ0n) is 17.2. The molecule has 0 aromatic heterocycles. The SMILES string of the molecule is Cc1ccc(OCCCC(=O)N2CCN(C(=O)CCc3ccccc3)CC2)cc1. The fourth-order valence-corrected chi connectivity index (χ4v) is 3.47. The highest BCUT2D eigenvalue weighted by molar-refractivity contribution is 5.78. The van der Waals surface area contributed by atoms with E-state index >= 15 is 0 Å². The molecule has 5 heteroatoms. The van der Waals surface area contributed by atoms with Crippen molar-refractivity contribution in [2.45, 2.75) is 32.6 Å². The van der Waals surface area contributed by atoms with Crippen LogP contribution in [0.1, 0.15) is 30.4 Å². The van der Waals surface area contributed by atoms with Crippen LogP contribution in [-0.2, 0) is 16.0 Å². The summed E-state index contributed by atoms with van der Waals surface area (Å²) in [7, 11) is 0. The van der Waals surface area contributed by atoms with Gasteiger partial charge >= 0.3 is 0 Å². The van der Waals surface area contributed by atoms with E-state index in [2.05, 4.69) is 0 Å². The average molecular weight is 395 g/mol. The first kappa shape index (κ1) is 20.9. The minimum atomic E-state index is 0.147. The number of nitrogens with zero attached hydrogens (tertiary/aromatic N) is 2. The summed E-state index contributed by atoms with van der Waals surface area (Å²) >= 11 is 0. The number of hydrogen-bond donors (Lipinski definition) is 0. The van der Waals surface area contributed by atoms with Crippen LogP contribution < -0.4 is 4.74 Å². The molecule has 154 valence electrons. The Morgan fingerprint density at radius 1 is 0.828 bits per heavy atom. The maximum atomic E-state index is 12.4. The van der Waals surface area contributed by atoms with Gasteiger partial charge in [-0.25, -0.2) is 0 Å². The first-order valence-corrected chi connectivity index (χ1v) is 10.4. The highest BCUT2D eigenvalue weighted by Gasteiger charge is 2.23. The molecule has 0 radical (unpaired) electrons. The lowest BCUT2D eigenvalue weighted by atomic mass is 10.1. The predicted octanol–water partition coefficient (Wildman–Crippen LogP) is 3.46. The highest BCUT2D eigenvalue weighted by atomic mass is 16.5. The molecule has 3 rings (SSSR count). The molecular formula is C24H30N2O3. The fourth-order valence-electron chi connectivity index (χ4n) is 3.47. The second kappa shape index (κ2) is 10.6. The van der Waals surface area contributed by atoms with Gasteiger partial charge in [-0.2, -0.15) is 0 Å². The first-order chi connectivity index (χ1) is 14.1. The molecule has 2 amide bonds. The third-order valence-electron chi connectivity index (χ3n) is 5.28. The molecule has 0 spiro atoms. The van der Waals surface area contributed by atoms with Gasteiger partial charge in [0.2, 0.25) is 11.8 Å². The number of carbonyl (C=O) groups excluding carboxylic acids is 2. The van der Waals surface area contributed by atoms with Gasteiger partial charge in [0.15, 0.2) is 0 Å². The van der Waals surface area contributed by atoms with Crippen LogP contribution in [0.2, 0.25) is 0 Å². The lowest BCUT2D eigenvalue weighted by molar-refractivity contribution is -0.139. The third kappa shape index (κ3) is 6.63. The van der Waals surface area contributed by atoms with Gasteiger partial charge < -0.3 is 14.5 Å². The van der Waals surface area contributed by atoms with E-state index in [1.807, 2.05) is 71.3 Å². The van der Waals surface area contributed by atoms with Crippen LogP contribution in [0.15, 0.2) is 54.6 Å². The average Bonchev–Trinajstić information content (AvgIpc) is 2.77. The molecule has 1 heterocycles. The van der Waals surface area contributed by atoms with Gasteiger partial charge in [-0.15, -0.1) is 0 Å². The maximum absolute atomic E-state index is 12.4. The van der Waals surface area contributed by atoms with Crippen molar-refractivity contribution in [3.8, 4) is 5.75 Å². The Hall–Kier alpha value is -2.82. The number of aryl methyl sites for hydroxylation is 2. The lowest BCUT2D eigenvalue weighted by Crippen LogP contribution is -2.50. The fraction of sp³-hybridized carbons (Fsp3) is 0.417. The molecule has 0 N–H and O–H groups in total. The number of hydrogen-bond acceptors (Lipinski definition) is 3. The monoisotopic (exact) mass is 394 g/mol. The largest absolute Gasteiger partial charge is 0.494 e. The van der Waals surface area contributed by atoms with Crippen molar-refractivity contribution in [2.24, 2.45) is 0 Å². The van der Waals surface area contributed by atoms with Crippen molar-refractivity contribution in [1.82, 2.24) is 9.80 Å². The van der Waals surface area contributed by atoms with E-state index in [0.717, 1.165) is 12.2 Å². The van der Waals surface area contributed by atoms with Crippen molar-refractivity contribution in [2.75, 3.05) is 32.8 Å². The van der Waals surface area contributed by atoms with Gasteiger partial charge in [0.25, 0.3) is 0 Å². The molecule has 2 aromatic carbocycles. The standard InChI is InChI=1S/C24H30N2O3/c1-20-9-12-22(13-10-20)29-19-5-8-23(27)25-15-17-26(18-16-25)24(28)14-11-21-6-3-2-4-7-21/h2-4,6-7,9-10,12-13H,5,8,11,14-19H2,1H3. The summed E-state index contributed by atoms with van der Waals surface area (Å²) < 4.78 is 5.69. The summed E-state index contributed by atoms with van der Waals surface area (Å²) in [5.74, 6) is 1.16. The van der Waals surface area contributed by atoms with E-state index in [1.54, 1.807) is 0 Å². The third-order valence-corrected chi connectivity index (χ3v) is 5.28. The molecule has 0 saturated carbocycles. The van der Waals surface area contributed by atoms with E-state index in [4.69, 9.17) is 4.74 Å². The molecule has 0 bridgehead atoms. The number of benzene rings is 2. The number of ether oxygens (including phenoxy) is 1. The Morgan fingerprint density at radius 2 is 1.41 bits per heavy atom. The van der Waals surface area contributed by atoms with Crippen LogP contribution in [0.4, 0.5) is 0 Å². The van der Waals surface area contributed by atoms with Crippen molar-refractivity contribution in [1.29, 1.82) is 0 Å². The summed E-state index contributed by atoms with van der Waals surface area (Å²) in [6, 6.07) is 18.0. The van der Waals surface area contributed by atoms with Crippen LogP contribution >= 0.6 is 0 Å². The van der Waals surface area contributed by atoms with E-state index in [0.29, 0.717) is 52.0 Å². The summed E-state index contributed by atoms with van der Waals surface area (Å²) in [5.41, 5.74) is 2.38. The Balaban J connectivity index is 1.31. The van der Waals surface area contributed by atoms with Crippen molar-refractivity contribution in [3.63, 3.8) is 0 Å². The topological polar surface area (TPSA) is 49.9 Å². The lowest BCUT2D eigenvalue weighted by Gasteiger charge is -2.35. The van der Waals surface area contributed by atoms with Gasteiger partial charge in [0, 0.05) is 39.0 Å². The minimum absolute atomic E-state index is 0.147. The van der Waals surface area contributed by atoms with Crippen molar-refractivity contribution < 1.29 is 14.3 Å². The van der Waals surface area contributed by atoms with E-state index < -0.39 is 0 Å². The van der Waals surface area contributed by atoms with Crippen molar-refractivity contribution >= 4 is 11.8 Å². The molecule has 2 aromatic rings. The van der Waals surface area contributed by atoms with Crippen LogP contribution in [0.25, 0.3) is 0 Å². The van der Waals surface area contributed by atoms with Crippen LogP contribution in [0.5, 0.6) is 5.75 Å². The number of piperazine rings is 1. The molecule has 29 heavy (non-hydrogen) atoms.